The first-order chi connectivity index (χ1) is 16.4. The van der Waals surface area contributed by atoms with Gasteiger partial charge in [-0.25, -0.2) is 9.18 Å². The number of benzene rings is 2. The number of esters is 1. The molecule has 0 aliphatic carbocycles. The highest BCUT2D eigenvalue weighted by Crippen LogP contribution is 2.36. The van der Waals surface area contributed by atoms with E-state index < -0.39 is 11.8 Å². The Labute approximate surface area is 214 Å². The number of thiocarbonyl (C=S) groups is 1. The van der Waals surface area contributed by atoms with Gasteiger partial charge in [0.05, 0.1) is 19.2 Å². The molecule has 0 saturated heterocycles. The Kier molecular flexibility index (Phi) is 7.47. The summed E-state index contributed by atoms with van der Waals surface area (Å²) in [5.74, 6) is -0.660. The third-order valence-corrected chi connectivity index (χ3v) is 6.69. The van der Waals surface area contributed by atoms with Crippen molar-refractivity contribution in [1.29, 1.82) is 0 Å². The fraction of sp³-hybridized carbons (Fsp3) is 0.0870. The van der Waals surface area contributed by atoms with Crippen LogP contribution in [0.1, 0.15) is 15.9 Å². The number of rotatable bonds is 6. The van der Waals surface area contributed by atoms with Crippen molar-refractivity contribution in [1.82, 2.24) is 9.78 Å². The van der Waals surface area contributed by atoms with Gasteiger partial charge in [-0.3, -0.25) is 4.68 Å². The molecular formula is C23H17Cl2FN4O2S2. The molecule has 2 aromatic carbocycles. The van der Waals surface area contributed by atoms with Gasteiger partial charge in [-0.05, 0) is 36.0 Å². The Morgan fingerprint density at radius 1 is 1.15 bits per heavy atom. The highest BCUT2D eigenvalue weighted by atomic mass is 35.5. The lowest BCUT2D eigenvalue weighted by Crippen LogP contribution is -2.20. The van der Waals surface area contributed by atoms with Gasteiger partial charge in [-0.15, -0.1) is 11.3 Å². The summed E-state index contributed by atoms with van der Waals surface area (Å²) >= 11 is 19.2. The van der Waals surface area contributed by atoms with E-state index in [4.69, 9.17) is 40.2 Å². The number of nitrogens with zero attached hydrogens (tertiary/aromatic N) is 2. The minimum atomic E-state index is -0.493. The first-order valence-corrected chi connectivity index (χ1v) is 11.8. The maximum Gasteiger partial charge on any atom is 0.340 e. The normalized spacial score (nSPS) is 10.7. The topological polar surface area (TPSA) is 68.2 Å². The first-order valence-electron chi connectivity index (χ1n) is 9.87. The number of aromatic nitrogens is 2. The summed E-state index contributed by atoms with van der Waals surface area (Å²) in [6.45, 7) is 0.0882. The number of halogens is 3. The summed E-state index contributed by atoms with van der Waals surface area (Å²) in [7, 11) is 1.32. The molecule has 6 nitrogen and oxygen atoms in total. The molecule has 2 N–H and O–H groups in total. The van der Waals surface area contributed by atoms with Crippen LogP contribution in [0.25, 0.3) is 10.4 Å². The average Bonchev–Trinajstić information content (AvgIpc) is 3.39. The van der Waals surface area contributed by atoms with Gasteiger partial charge < -0.3 is 15.4 Å². The van der Waals surface area contributed by atoms with E-state index in [2.05, 4.69) is 15.7 Å². The van der Waals surface area contributed by atoms with Crippen LogP contribution in [0.4, 0.5) is 15.2 Å². The summed E-state index contributed by atoms with van der Waals surface area (Å²) in [6, 6.07) is 15.9. The zero-order chi connectivity index (χ0) is 24.2. The number of carbonyl (C=O) groups is 1. The fourth-order valence-corrected chi connectivity index (χ4v) is 4.88. The highest BCUT2D eigenvalue weighted by Gasteiger charge is 2.19. The summed E-state index contributed by atoms with van der Waals surface area (Å²) in [5.41, 5.74) is 1.60. The van der Waals surface area contributed by atoms with Crippen molar-refractivity contribution in [3.05, 3.63) is 87.8 Å². The third-order valence-electron chi connectivity index (χ3n) is 4.75. The zero-order valence-electron chi connectivity index (χ0n) is 17.6. The van der Waals surface area contributed by atoms with E-state index in [0.29, 0.717) is 21.2 Å². The molecular weight excluding hydrogens is 518 g/mol. The smallest absolute Gasteiger partial charge is 0.340 e. The molecule has 0 spiro atoms. The lowest BCUT2D eigenvalue weighted by atomic mass is 10.1. The monoisotopic (exact) mass is 534 g/mol. The molecule has 174 valence electrons. The molecule has 4 aromatic rings. The maximum absolute atomic E-state index is 14.1. The third kappa shape index (κ3) is 5.39. The van der Waals surface area contributed by atoms with Crippen LogP contribution in [-0.2, 0) is 11.3 Å². The molecule has 0 fully saturated rings. The average molecular weight is 535 g/mol. The van der Waals surface area contributed by atoms with Crippen LogP contribution < -0.4 is 10.6 Å². The van der Waals surface area contributed by atoms with E-state index >= 15 is 0 Å². The van der Waals surface area contributed by atoms with Gasteiger partial charge in [0, 0.05) is 21.7 Å². The van der Waals surface area contributed by atoms with Crippen molar-refractivity contribution in [3.8, 4) is 10.4 Å². The van der Waals surface area contributed by atoms with E-state index in [9.17, 15) is 9.18 Å². The van der Waals surface area contributed by atoms with Crippen LogP contribution in [0.3, 0.4) is 0 Å². The second kappa shape index (κ2) is 10.5. The second-order valence-corrected chi connectivity index (χ2v) is 9.29. The Morgan fingerprint density at radius 2 is 1.91 bits per heavy atom. The molecule has 11 heteroatoms. The van der Waals surface area contributed by atoms with Crippen LogP contribution in [-0.4, -0.2) is 28.0 Å². The summed E-state index contributed by atoms with van der Waals surface area (Å²) in [4.78, 5) is 13.2. The molecule has 0 aliphatic heterocycles. The van der Waals surface area contributed by atoms with Crippen molar-refractivity contribution in [3.63, 3.8) is 0 Å². The molecule has 34 heavy (non-hydrogen) atoms. The van der Waals surface area contributed by atoms with Gasteiger partial charge in [-0.1, -0.05) is 59.6 Å². The molecule has 0 amide bonds. The minimum absolute atomic E-state index is 0.0882. The van der Waals surface area contributed by atoms with Crippen molar-refractivity contribution in [2.75, 3.05) is 17.7 Å². The van der Waals surface area contributed by atoms with Crippen molar-refractivity contribution < 1.29 is 13.9 Å². The number of thiophene rings is 1. The Balaban J connectivity index is 1.52. The van der Waals surface area contributed by atoms with Gasteiger partial charge in [0.25, 0.3) is 0 Å². The number of anilines is 2. The van der Waals surface area contributed by atoms with Crippen LogP contribution >= 0.6 is 46.8 Å². The molecule has 2 aromatic heterocycles. The van der Waals surface area contributed by atoms with Crippen LogP contribution in [0.2, 0.25) is 10.0 Å². The van der Waals surface area contributed by atoms with Gasteiger partial charge in [0.2, 0.25) is 0 Å². The predicted octanol–water partition coefficient (Wildman–Crippen LogP) is 6.70. The number of nitrogens with one attached hydrogen (secondary N) is 2. The van der Waals surface area contributed by atoms with Gasteiger partial charge in [-0.2, -0.15) is 5.10 Å². The molecule has 0 bridgehead atoms. The quantitative estimate of drug-likeness (QED) is 0.212. The number of methoxy groups -OCH3 is 1. The molecule has 4 rings (SSSR count). The first kappa shape index (κ1) is 24.2. The van der Waals surface area contributed by atoms with Crippen molar-refractivity contribution >= 4 is 68.7 Å². The van der Waals surface area contributed by atoms with Crippen LogP contribution in [0, 0.1) is 5.82 Å². The predicted molar refractivity (Wildman–Crippen MR) is 139 cm³/mol. The summed E-state index contributed by atoms with van der Waals surface area (Å²) in [6.07, 6.45) is 1.54. The number of hydrogen-bond acceptors (Lipinski definition) is 5. The molecule has 0 aliphatic rings. The Bertz CT molecular complexity index is 1340. The van der Waals surface area contributed by atoms with Gasteiger partial charge in [0.1, 0.15) is 15.8 Å². The van der Waals surface area contributed by atoms with E-state index in [1.807, 2.05) is 30.3 Å². The molecule has 0 saturated carbocycles. The van der Waals surface area contributed by atoms with Crippen LogP contribution in [0.15, 0.2) is 60.8 Å². The van der Waals surface area contributed by atoms with E-state index in [-0.39, 0.29) is 22.5 Å². The summed E-state index contributed by atoms with van der Waals surface area (Å²) in [5, 5.41) is 11.5. The number of ether oxygens (including phenoxy) is 1. The fourth-order valence-electron chi connectivity index (χ4n) is 3.14. The van der Waals surface area contributed by atoms with Crippen LogP contribution in [0.5, 0.6) is 0 Å². The van der Waals surface area contributed by atoms with Gasteiger partial charge >= 0.3 is 5.97 Å². The standard InChI is InChI=1S/C23H17Cl2FN4O2S2/c1-32-22(31)14-10-19(13-6-3-2-4-7-13)34-21(14)28-23(33)27-20-17(25)12-30(29-20)11-15-16(24)8-5-9-18(15)26/h2-10,12H,11H2,1H3,(H2,27,28,29,33). The molecule has 2 heterocycles. The van der Waals surface area contributed by atoms with Crippen molar-refractivity contribution in [2.24, 2.45) is 0 Å². The van der Waals surface area contributed by atoms with E-state index in [1.54, 1.807) is 12.1 Å². The second-order valence-electron chi connectivity index (χ2n) is 7.01. The Morgan fingerprint density at radius 3 is 2.62 bits per heavy atom. The molecule has 0 atom stereocenters. The minimum Gasteiger partial charge on any atom is -0.465 e. The largest absolute Gasteiger partial charge is 0.465 e. The van der Waals surface area contributed by atoms with E-state index in [1.165, 1.54) is 41.5 Å². The maximum atomic E-state index is 14.1. The number of carbonyl (C=O) groups excluding carboxylic acids is 1. The Hall–Kier alpha value is -2.98. The van der Waals surface area contributed by atoms with E-state index in [0.717, 1.165) is 10.4 Å². The lowest BCUT2D eigenvalue weighted by Gasteiger charge is -2.09. The molecule has 0 radical (unpaired) electrons. The summed E-state index contributed by atoms with van der Waals surface area (Å²) < 4.78 is 20.5. The number of hydrogen-bond donors (Lipinski definition) is 2. The highest BCUT2D eigenvalue weighted by molar-refractivity contribution is 7.80. The molecule has 0 unspecified atom stereocenters. The van der Waals surface area contributed by atoms with Crippen molar-refractivity contribution in [2.45, 2.75) is 6.54 Å². The SMILES string of the molecule is COC(=O)c1cc(-c2ccccc2)sc1NC(=S)Nc1nn(Cc2c(F)cccc2Cl)cc1Cl. The zero-order valence-corrected chi connectivity index (χ0v) is 20.8. The van der Waals surface area contributed by atoms with Gasteiger partial charge in [0.15, 0.2) is 10.9 Å². The lowest BCUT2D eigenvalue weighted by molar-refractivity contribution is 0.0602.